The Bertz CT molecular complexity index is 629. The Morgan fingerprint density at radius 3 is 2.80 bits per heavy atom. The molecule has 0 aliphatic heterocycles. The fraction of sp³-hybridized carbons (Fsp3) is 0.188. The van der Waals surface area contributed by atoms with Crippen molar-refractivity contribution in [2.45, 2.75) is 13.0 Å². The Morgan fingerprint density at radius 1 is 1.10 bits per heavy atom. The maximum absolute atomic E-state index is 5.29. The lowest BCUT2D eigenvalue weighted by Crippen LogP contribution is -2.16. The summed E-state index contributed by atoms with van der Waals surface area (Å²) in [6, 6.07) is 14.0. The van der Waals surface area contributed by atoms with Crippen LogP contribution in [-0.2, 0) is 13.0 Å². The molecular formula is C16H17N3O. The van der Waals surface area contributed by atoms with Crippen molar-refractivity contribution in [3.8, 4) is 5.69 Å². The van der Waals surface area contributed by atoms with Gasteiger partial charge in [-0.05, 0) is 24.3 Å². The van der Waals surface area contributed by atoms with Crippen LogP contribution in [0.25, 0.3) is 5.69 Å². The molecule has 2 aromatic heterocycles. The van der Waals surface area contributed by atoms with E-state index in [2.05, 4.69) is 16.6 Å². The molecule has 0 amide bonds. The fourth-order valence-corrected chi connectivity index (χ4v) is 2.07. The van der Waals surface area contributed by atoms with Crippen molar-refractivity contribution in [2.24, 2.45) is 0 Å². The molecule has 3 aromatic rings. The molecule has 102 valence electrons. The summed E-state index contributed by atoms with van der Waals surface area (Å²) in [6.07, 6.45) is 6.56. The van der Waals surface area contributed by atoms with Crippen molar-refractivity contribution >= 4 is 0 Å². The second kappa shape index (κ2) is 6.21. The van der Waals surface area contributed by atoms with Gasteiger partial charge in [0.15, 0.2) is 0 Å². The molecule has 0 fully saturated rings. The molecule has 0 atom stereocenters. The summed E-state index contributed by atoms with van der Waals surface area (Å²) in [7, 11) is 0. The van der Waals surface area contributed by atoms with Gasteiger partial charge in [-0.15, -0.1) is 0 Å². The van der Waals surface area contributed by atoms with Gasteiger partial charge in [0.2, 0.25) is 0 Å². The number of hydrogen-bond donors (Lipinski definition) is 1. The van der Waals surface area contributed by atoms with Crippen LogP contribution in [0.15, 0.2) is 65.5 Å². The molecule has 4 heteroatoms. The first-order valence-corrected chi connectivity index (χ1v) is 6.74. The topological polar surface area (TPSA) is 43.0 Å². The van der Waals surface area contributed by atoms with Crippen molar-refractivity contribution in [1.82, 2.24) is 15.1 Å². The van der Waals surface area contributed by atoms with Crippen molar-refractivity contribution < 1.29 is 4.42 Å². The largest absolute Gasteiger partial charge is 0.469 e. The van der Waals surface area contributed by atoms with Gasteiger partial charge in [0.1, 0.15) is 5.76 Å². The molecule has 0 saturated heterocycles. The minimum Gasteiger partial charge on any atom is -0.469 e. The molecule has 0 bridgehead atoms. The lowest BCUT2D eigenvalue weighted by molar-refractivity contribution is 0.499. The van der Waals surface area contributed by atoms with E-state index in [0.717, 1.165) is 31.0 Å². The molecule has 20 heavy (non-hydrogen) atoms. The molecule has 3 rings (SSSR count). The zero-order valence-electron chi connectivity index (χ0n) is 11.2. The Labute approximate surface area is 118 Å². The van der Waals surface area contributed by atoms with Gasteiger partial charge in [-0.1, -0.05) is 18.2 Å². The van der Waals surface area contributed by atoms with Gasteiger partial charge < -0.3 is 9.73 Å². The SMILES string of the molecule is c1ccc(-n2cc(CNCCc3ccco3)cn2)cc1. The molecule has 0 radical (unpaired) electrons. The highest BCUT2D eigenvalue weighted by atomic mass is 16.3. The molecule has 2 heterocycles. The number of nitrogens with one attached hydrogen (secondary N) is 1. The van der Waals surface area contributed by atoms with Gasteiger partial charge in [0.25, 0.3) is 0 Å². The van der Waals surface area contributed by atoms with E-state index >= 15 is 0 Å². The molecule has 0 aliphatic carbocycles. The molecule has 0 aliphatic rings. The lowest BCUT2D eigenvalue weighted by atomic mass is 10.3. The van der Waals surface area contributed by atoms with E-state index in [9.17, 15) is 0 Å². The molecule has 4 nitrogen and oxygen atoms in total. The summed E-state index contributed by atoms with van der Waals surface area (Å²) >= 11 is 0. The quantitative estimate of drug-likeness (QED) is 0.698. The van der Waals surface area contributed by atoms with Crippen molar-refractivity contribution in [1.29, 1.82) is 0 Å². The molecule has 0 saturated carbocycles. The summed E-state index contributed by atoms with van der Waals surface area (Å²) in [4.78, 5) is 0. The van der Waals surface area contributed by atoms with Gasteiger partial charge in [-0.25, -0.2) is 4.68 Å². The molecule has 0 spiro atoms. The monoisotopic (exact) mass is 267 g/mol. The Morgan fingerprint density at radius 2 is 2.00 bits per heavy atom. The second-order valence-corrected chi connectivity index (χ2v) is 4.63. The van der Waals surface area contributed by atoms with Crippen LogP contribution >= 0.6 is 0 Å². The predicted octanol–water partition coefficient (Wildman–Crippen LogP) is 2.80. The van der Waals surface area contributed by atoms with Crippen LogP contribution < -0.4 is 5.32 Å². The fourth-order valence-electron chi connectivity index (χ4n) is 2.07. The number of rotatable bonds is 6. The zero-order chi connectivity index (χ0) is 13.6. The summed E-state index contributed by atoms with van der Waals surface area (Å²) < 4.78 is 7.18. The van der Waals surface area contributed by atoms with Gasteiger partial charge >= 0.3 is 0 Å². The van der Waals surface area contributed by atoms with Gasteiger partial charge in [-0.2, -0.15) is 5.10 Å². The number of furan rings is 1. The smallest absolute Gasteiger partial charge is 0.105 e. The molecule has 1 N–H and O–H groups in total. The van der Waals surface area contributed by atoms with E-state index < -0.39 is 0 Å². The first kappa shape index (κ1) is 12.7. The predicted molar refractivity (Wildman–Crippen MR) is 77.7 cm³/mol. The zero-order valence-corrected chi connectivity index (χ0v) is 11.2. The second-order valence-electron chi connectivity index (χ2n) is 4.63. The normalized spacial score (nSPS) is 10.8. The van der Waals surface area contributed by atoms with Crippen LogP contribution in [-0.4, -0.2) is 16.3 Å². The Hall–Kier alpha value is -2.33. The van der Waals surface area contributed by atoms with Gasteiger partial charge in [0, 0.05) is 31.3 Å². The number of aromatic nitrogens is 2. The number of para-hydroxylation sites is 1. The minimum atomic E-state index is 0.813. The summed E-state index contributed by atoms with van der Waals surface area (Å²) in [5.74, 6) is 1.01. The van der Waals surface area contributed by atoms with E-state index in [4.69, 9.17) is 4.42 Å². The van der Waals surface area contributed by atoms with E-state index in [1.165, 1.54) is 5.56 Å². The van der Waals surface area contributed by atoms with Crippen molar-refractivity contribution in [2.75, 3.05) is 6.54 Å². The number of benzene rings is 1. The average Bonchev–Trinajstić information content (AvgIpc) is 3.16. The van der Waals surface area contributed by atoms with E-state index in [1.54, 1.807) is 6.26 Å². The summed E-state index contributed by atoms with van der Waals surface area (Å²) in [6.45, 7) is 1.71. The van der Waals surface area contributed by atoms with E-state index in [0.29, 0.717) is 0 Å². The maximum atomic E-state index is 5.29. The van der Waals surface area contributed by atoms with Crippen LogP contribution in [0.1, 0.15) is 11.3 Å². The third kappa shape index (κ3) is 3.16. The first-order valence-electron chi connectivity index (χ1n) is 6.74. The third-order valence-corrected chi connectivity index (χ3v) is 3.11. The minimum absolute atomic E-state index is 0.813. The van der Waals surface area contributed by atoms with Crippen molar-refractivity contribution in [3.63, 3.8) is 0 Å². The van der Waals surface area contributed by atoms with Crippen LogP contribution in [0, 0.1) is 0 Å². The first-order chi connectivity index (χ1) is 9.92. The highest BCUT2D eigenvalue weighted by molar-refractivity contribution is 5.30. The van der Waals surface area contributed by atoms with Crippen LogP contribution in [0.2, 0.25) is 0 Å². The van der Waals surface area contributed by atoms with E-state index in [-0.39, 0.29) is 0 Å². The van der Waals surface area contributed by atoms with Crippen LogP contribution in [0.4, 0.5) is 0 Å². The molecule has 1 aromatic carbocycles. The lowest BCUT2D eigenvalue weighted by Gasteiger charge is -2.01. The number of hydrogen-bond acceptors (Lipinski definition) is 3. The van der Waals surface area contributed by atoms with E-state index in [1.807, 2.05) is 53.3 Å². The highest BCUT2D eigenvalue weighted by Gasteiger charge is 2.00. The summed E-state index contributed by atoms with van der Waals surface area (Å²) in [5, 5.41) is 7.76. The van der Waals surface area contributed by atoms with Crippen LogP contribution in [0.3, 0.4) is 0 Å². The Kier molecular flexibility index (Phi) is 3.94. The number of nitrogens with zero attached hydrogens (tertiary/aromatic N) is 2. The maximum Gasteiger partial charge on any atom is 0.105 e. The summed E-state index contributed by atoms with van der Waals surface area (Å²) in [5.41, 5.74) is 2.25. The van der Waals surface area contributed by atoms with Gasteiger partial charge in [-0.3, -0.25) is 0 Å². The van der Waals surface area contributed by atoms with Crippen LogP contribution in [0.5, 0.6) is 0 Å². The average molecular weight is 267 g/mol. The van der Waals surface area contributed by atoms with Crippen molar-refractivity contribution in [3.05, 3.63) is 72.4 Å². The van der Waals surface area contributed by atoms with Gasteiger partial charge in [0.05, 0.1) is 18.1 Å². The standard InChI is InChI=1S/C16H17N3O/c1-2-5-15(6-3-1)19-13-14(12-18-19)11-17-9-8-16-7-4-10-20-16/h1-7,10,12-13,17H,8-9,11H2. The highest BCUT2D eigenvalue weighted by Crippen LogP contribution is 2.07. The molecule has 0 unspecified atom stereocenters. The third-order valence-electron chi connectivity index (χ3n) is 3.11. The molecular weight excluding hydrogens is 250 g/mol. The Balaban J connectivity index is 1.50.